The number of aromatic nitrogens is 2. The third-order valence-corrected chi connectivity index (χ3v) is 4.13. The molecule has 1 aliphatic rings. The van der Waals surface area contributed by atoms with Gasteiger partial charge in [-0.05, 0) is 18.8 Å². The van der Waals surface area contributed by atoms with Crippen LogP contribution >= 0.6 is 0 Å². The Labute approximate surface area is 130 Å². The predicted molar refractivity (Wildman–Crippen MR) is 86.0 cm³/mol. The molecule has 22 heavy (non-hydrogen) atoms. The minimum Gasteiger partial charge on any atom is -0.327 e. The summed E-state index contributed by atoms with van der Waals surface area (Å²) in [4.78, 5) is 20.6. The van der Waals surface area contributed by atoms with Gasteiger partial charge in [-0.25, -0.2) is 9.97 Å². The molecule has 5 heteroatoms. The molecule has 1 aromatic carbocycles. The Morgan fingerprint density at radius 3 is 2.55 bits per heavy atom. The molecule has 3 rings (SSSR count). The van der Waals surface area contributed by atoms with E-state index in [2.05, 4.69) is 15.3 Å². The van der Waals surface area contributed by atoms with Crippen molar-refractivity contribution in [1.82, 2.24) is 9.97 Å². The lowest BCUT2D eigenvalue weighted by Crippen LogP contribution is -2.28. The first-order valence-corrected chi connectivity index (χ1v) is 7.65. The van der Waals surface area contributed by atoms with Crippen molar-refractivity contribution in [2.45, 2.75) is 31.7 Å². The zero-order valence-corrected chi connectivity index (χ0v) is 12.4. The highest BCUT2D eigenvalue weighted by Gasteiger charge is 2.26. The second-order valence-corrected chi connectivity index (χ2v) is 5.77. The zero-order chi connectivity index (χ0) is 15.4. The maximum absolute atomic E-state index is 12.0. The fourth-order valence-electron chi connectivity index (χ4n) is 2.90. The highest BCUT2D eigenvalue weighted by molar-refractivity contribution is 5.90. The molecule has 0 aliphatic heterocycles. The first kappa shape index (κ1) is 14.7. The molecular formula is C17H20N4O. The molecule has 1 amide bonds. The van der Waals surface area contributed by atoms with E-state index in [1.165, 1.54) is 0 Å². The third kappa shape index (κ3) is 3.49. The SMILES string of the molecule is N[C@@H]1CCC[C@H]1CC(=O)Nc1cnc(-c2ccccc2)nc1. The van der Waals surface area contributed by atoms with Gasteiger partial charge in [0.15, 0.2) is 5.82 Å². The highest BCUT2D eigenvalue weighted by Crippen LogP contribution is 2.27. The lowest BCUT2D eigenvalue weighted by molar-refractivity contribution is -0.117. The number of carbonyl (C=O) groups excluding carboxylic acids is 1. The van der Waals surface area contributed by atoms with Crippen LogP contribution in [0.15, 0.2) is 42.7 Å². The topological polar surface area (TPSA) is 80.9 Å². The van der Waals surface area contributed by atoms with E-state index in [-0.39, 0.29) is 11.9 Å². The summed E-state index contributed by atoms with van der Waals surface area (Å²) in [6.45, 7) is 0. The Kier molecular flexibility index (Phi) is 4.44. The maximum Gasteiger partial charge on any atom is 0.224 e. The monoisotopic (exact) mass is 296 g/mol. The molecule has 0 unspecified atom stereocenters. The van der Waals surface area contributed by atoms with Crippen LogP contribution in [-0.2, 0) is 4.79 Å². The van der Waals surface area contributed by atoms with Gasteiger partial charge in [-0.15, -0.1) is 0 Å². The second-order valence-electron chi connectivity index (χ2n) is 5.77. The fraction of sp³-hybridized carbons (Fsp3) is 0.353. The molecule has 0 spiro atoms. The van der Waals surface area contributed by atoms with Gasteiger partial charge < -0.3 is 11.1 Å². The Bertz CT molecular complexity index is 627. The Morgan fingerprint density at radius 1 is 1.18 bits per heavy atom. The summed E-state index contributed by atoms with van der Waals surface area (Å²) in [6.07, 6.45) is 6.93. The number of hydrogen-bond donors (Lipinski definition) is 2. The normalized spacial score (nSPS) is 20.8. The van der Waals surface area contributed by atoms with Crippen molar-refractivity contribution >= 4 is 11.6 Å². The van der Waals surface area contributed by atoms with Crippen LogP contribution in [-0.4, -0.2) is 21.9 Å². The quantitative estimate of drug-likeness (QED) is 0.908. The van der Waals surface area contributed by atoms with Gasteiger partial charge in [0.05, 0.1) is 18.1 Å². The largest absolute Gasteiger partial charge is 0.327 e. The number of nitrogens with two attached hydrogens (primary N) is 1. The van der Waals surface area contributed by atoms with Gasteiger partial charge in [0, 0.05) is 18.0 Å². The standard InChI is InChI=1S/C17H20N4O/c18-15-8-4-7-13(15)9-16(22)21-14-10-19-17(20-11-14)12-5-2-1-3-6-12/h1-3,5-6,10-11,13,15H,4,7-9,18H2,(H,21,22)/t13-,15+/m0/s1. The number of anilines is 1. The van der Waals surface area contributed by atoms with Crippen molar-refractivity contribution in [3.05, 3.63) is 42.7 Å². The number of benzene rings is 1. The number of carbonyl (C=O) groups is 1. The Morgan fingerprint density at radius 2 is 1.91 bits per heavy atom. The molecule has 0 radical (unpaired) electrons. The average Bonchev–Trinajstić information content (AvgIpc) is 2.94. The van der Waals surface area contributed by atoms with Crippen LogP contribution in [0.25, 0.3) is 11.4 Å². The summed E-state index contributed by atoms with van der Waals surface area (Å²) >= 11 is 0. The van der Waals surface area contributed by atoms with E-state index >= 15 is 0 Å². The molecule has 1 aromatic heterocycles. The number of nitrogens with one attached hydrogen (secondary N) is 1. The first-order valence-electron chi connectivity index (χ1n) is 7.65. The van der Waals surface area contributed by atoms with E-state index in [0.29, 0.717) is 23.9 Å². The molecular weight excluding hydrogens is 276 g/mol. The molecule has 2 atom stereocenters. The van der Waals surface area contributed by atoms with Gasteiger partial charge in [-0.2, -0.15) is 0 Å². The highest BCUT2D eigenvalue weighted by atomic mass is 16.1. The van der Waals surface area contributed by atoms with Gasteiger partial charge in [-0.1, -0.05) is 36.8 Å². The minimum absolute atomic E-state index is 0.0154. The van der Waals surface area contributed by atoms with E-state index in [1.54, 1.807) is 12.4 Å². The van der Waals surface area contributed by atoms with Crippen LogP contribution in [0.1, 0.15) is 25.7 Å². The fourth-order valence-corrected chi connectivity index (χ4v) is 2.90. The summed E-state index contributed by atoms with van der Waals surface area (Å²) in [7, 11) is 0. The van der Waals surface area contributed by atoms with Gasteiger partial charge in [0.2, 0.25) is 5.91 Å². The molecule has 3 N–H and O–H groups in total. The lowest BCUT2D eigenvalue weighted by Gasteiger charge is -2.14. The maximum atomic E-state index is 12.0. The Balaban J connectivity index is 1.60. The molecule has 2 aromatic rings. The summed E-state index contributed by atoms with van der Waals surface area (Å²) in [5.74, 6) is 0.930. The van der Waals surface area contributed by atoms with Crippen LogP contribution in [0.3, 0.4) is 0 Å². The number of hydrogen-bond acceptors (Lipinski definition) is 4. The number of nitrogens with zero attached hydrogens (tertiary/aromatic N) is 2. The molecule has 114 valence electrons. The molecule has 0 saturated heterocycles. The third-order valence-electron chi connectivity index (χ3n) is 4.13. The van der Waals surface area contributed by atoms with Crippen molar-refractivity contribution in [2.24, 2.45) is 11.7 Å². The van der Waals surface area contributed by atoms with Gasteiger partial charge in [0.25, 0.3) is 0 Å². The molecule has 5 nitrogen and oxygen atoms in total. The summed E-state index contributed by atoms with van der Waals surface area (Å²) in [5.41, 5.74) is 7.58. The van der Waals surface area contributed by atoms with Crippen molar-refractivity contribution in [1.29, 1.82) is 0 Å². The van der Waals surface area contributed by atoms with Crippen LogP contribution in [0.4, 0.5) is 5.69 Å². The van der Waals surface area contributed by atoms with Crippen LogP contribution in [0.2, 0.25) is 0 Å². The van der Waals surface area contributed by atoms with Gasteiger partial charge in [-0.3, -0.25) is 4.79 Å². The summed E-state index contributed by atoms with van der Waals surface area (Å²) in [5, 5.41) is 2.85. The van der Waals surface area contributed by atoms with Crippen LogP contribution in [0.5, 0.6) is 0 Å². The van der Waals surface area contributed by atoms with Crippen molar-refractivity contribution in [2.75, 3.05) is 5.32 Å². The molecule has 1 fully saturated rings. The van der Waals surface area contributed by atoms with Crippen molar-refractivity contribution in [3.63, 3.8) is 0 Å². The molecule has 1 saturated carbocycles. The Hall–Kier alpha value is -2.27. The minimum atomic E-state index is -0.0154. The number of amides is 1. The van der Waals surface area contributed by atoms with Crippen LogP contribution < -0.4 is 11.1 Å². The lowest BCUT2D eigenvalue weighted by atomic mass is 10.00. The van der Waals surface area contributed by atoms with E-state index in [9.17, 15) is 4.79 Å². The first-order chi connectivity index (χ1) is 10.7. The smallest absolute Gasteiger partial charge is 0.224 e. The molecule has 0 bridgehead atoms. The van der Waals surface area contributed by atoms with Crippen molar-refractivity contribution in [3.8, 4) is 11.4 Å². The molecule has 1 heterocycles. The van der Waals surface area contributed by atoms with E-state index in [0.717, 1.165) is 24.8 Å². The van der Waals surface area contributed by atoms with Crippen molar-refractivity contribution < 1.29 is 4.79 Å². The van der Waals surface area contributed by atoms with Gasteiger partial charge in [0.1, 0.15) is 0 Å². The van der Waals surface area contributed by atoms with E-state index in [4.69, 9.17) is 5.73 Å². The average molecular weight is 296 g/mol. The second kappa shape index (κ2) is 6.66. The van der Waals surface area contributed by atoms with Crippen LogP contribution in [0, 0.1) is 5.92 Å². The summed E-state index contributed by atoms with van der Waals surface area (Å²) in [6, 6.07) is 9.90. The summed E-state index contributed by atoms with van der Waals surface area (Å²) < 4.78 is 0. The predicted octanol–water partition coefficient (Wildman–Crippen LogP) is 2.60. The van der Waals surface area contributed by atoms with Gasteiger partial charge >= 0.3 is 0 Å². The molecule has 1 aliphatic carbocycles. The van der Waals surface area contributed by atoms with E-state index < -0.39 is 0 Å². The zero-order valence-electron chi connectivity index (χ0n) is 12.4. The number of rotatable bonds is 4. The van der Waals surface area contributed by atoms with E-state index in [1.807, 2.05) is 30.3 Å².